The van der Waals surface area contributed by atoms with Gasteiger partial charge in [0.05, 0.1) is 0 Å². The Morgan fingerprint density at radius 2 is 1.60 bits per heavy atom. The quantitative estimate of drug-likeness (QED) is 0.420. The van der Waals surface area contributed by atoms with Gasteiger partial charge in [0.15, 0.2) is 0 Å². The van der Waals surface area contributed by atoms with Gasteiger partial charge in [0, 0.05) is 0 Å². The number of rotatable bonds is 0. The Hall–Kier alpha value is 1.05. The van der Waals surface area contributed by atoms with Crippen LogP contribution in [0.15, 0.2) is 0 Å². The van der Waals surface area contributed by atoms with Crippen LogP contribution in [-0.2, 0) is 23.0 Å². The van der Waals surface area contributed by atoms with Crippen LogP contribution >= 0.6 is 0 Å². The van der Waals surface area contributed by atoms with Crippen LogP contribution in [-0.4, -0.2) is 10.2 Å². The fraction of sp³-hybridized carbons (Fsp3) is 0.800. The van der Waals surface area contributed by atoms with E-state index in [2.05, 4.69) is 0 Å². The van der Waals surface area contributed by atoms with Gasteiger partial charge in [-0.15, -0.1) is 0 Å². The first-order valence-electron chi connectivity index (χ1n) is 2.47. The van der Waals surface area contributed by atoms with Crippen molar-refractivity contribution in [1.82, 2.24) is 0 Å². The fourth-order valence-corrected chi connectivity index (χ4v) is 1.25. The molecule has 0 spiro atoms. The second kappa shape index (κ2) is 6.74. The van der Waals surface area contributed by atoms with Gasteiger partial charge < -0.3 is 34.0 Å². The molecule has 0 aromatic carbocycles. The first kappa shape index (κ1) is 17.2. The average Bonchev–Trinajstić information content (AvgIpc) is 1.21. The minimum atomic E-state index is -0.296. The van der Waals surface area contributed by atoms with Gasteiger partial charge in [-0.3, -0.25) is 0 Å². The zero-order valence-corrected chi connectivity index (χ0v) is 12.4. The summed E-state index contributed by atoms with van der Waals surface area (Å²) in [6.45, 7) is 5.58. The molecule has 0 atom stereocenters. The molecule has 57 valence electrons. The van der Waals surface area contributed by atoms with Crippen LogP contribution in [0.4, 0.5) is 4.79 Å². The van der Waals surface area contributed by atoms with Crippen molar-refractivity contribution in [3.63, 3.8) is 0 Å². The average molecular weight is 326 g/mol. The Morgan fingerprint density at radius 3 is 1.60 bits per heavy atom. The van der Waals surface area contributed by atoms with E-state index < -0.39 is 0 Å². The molecule has 5 heteroatoms. The molecule has 0 aliphatic heterocycles. The molecule has 0 radical (unpaired) electrons. The molecule has 0 unspecified atom stereocenters. The van der Waals surface area contributed by atoms with Crippen molar-refractivity contribution in [2.45, 2.75) is 26.4 Å². The maximum Gasteiger partial charge on any atom is -1.00 e. The number of ether oxygens (including phenoxy) is 1. The molecule has 0 saturated carbocycles. The van der Waals surface area contributed by atoms with E-state index in [0.29, 0.717) is 18.3 Å². The first-order valence-corrected chi connectivity index (χ1v) is 3.95. The van der Waals surface area contributed by atoms with Crippen molar-refractivity contribution in [2.75, 3.05) is 0 Å². The summed E-state index contributed by atoms with van der Waals surface area (Å²) < 4.78 is 4.75. The third-order valence-electron chi connectivity index (χ3n) is 0.420. The third-order valence-corrected chi connectivity index (χ3v) is 0.723. The van der Waals surface area contributed by atoms with E-state index in [4.69, 9.17) is 4.74 Å². The summed E-state index contributed by atoms with van der Waals surface area (Å²) in [5.74, 6) is 0. The molecule has 10 heavy (non-hydrogen) atoms. The van der Waals surface area contributed by atoms with Gasteiger partial charge in [-0.25, -0.2) is 0 Å². The van der Waals surface area contributed by atoms with Crippen molar-refractivity contribution in [2.24, 2.45) is 0 Å². The standard InChI is InChI=1S/C5H9O2.2BrH.Zn/c1-5(2,3)7-4-6;;;/h1-3H3;2*1H;/q;;;+2/p-2. The van der Waals surface area contributed by atoms with E-state index in [-0.39, 0.29) is 44.1 Å². The van der Waals surface area contributed by atoms with E-state index in [1.165, 1.54) is 0 Å². The molecule has 0 aliphatic carbocycles. The summed E-state index contributed by atoms with van der Waals surface area (Å²) in [7, 11) is 0. The third kappa shape index (κ3) is 16.0. The summed E-state index contributed by atoms with van der Waals surface area (Å²) in [5, 5.41) is 0. The van der Waals surface area contributed by atoms with Gasteiger partial charge >= 0.3 is 58.8 Å². The summed E-state index contributed by atoms with van der Waals surface area (Å²) in [6, 6.07) is 0. The molecule has 2 nitrogen and oxygen atoms in total. The zero-order valence-electron chi connectivity index (χ0n) is 6.28. The van der Waals surface area contributed by atoms with Gasteiger partial charge in [0.2, 0.25) is 0 Å². The molecule has 0 bridgehead atoms. The largest absolute Gasteiger partial charge is 1.00 e. The van der Waals surface area contributed by atoms with Crippen LogP contribution in [0, 0.1) is 0 Å². The number of carbonyl (C=O) groups excluding carboxylic acids is 1. The smallest absolute Gasteiger partial charge is 1.00 e. The number of halogens is 2. The summed E-state index contributed by atoms with van der Waals surface area (Å²) in [5.41, 5.74) is -0.296. The maximum absolute atomic E-state index is 10.3. The maximum atomic E-state index is 10.3. The predicted molar refractivity (Wildman–Crippen MR) is 26.2 cm³/mol. The van der Waals surface area contributed by atoms with Gasteiger partial charge in [-0.2, -0.15) is 0 Å². The van der Waals surface area contributed by atoms with Gasteiger partial charge in [0.25, 0.3) is 0 Å². The molecule has 0 aromatic rings. The Morgan fingerprint density at radius 1 is 1.30 bits per heavy atom. The summed E-state index contributed by atoms with van der Waals surface area (Å²) >= 11 is 0.581. The van der Waals surface area contributed by atoms with E-state index >= 15 is 0 Å². The molecule has 0 fully saturated rings. The molecule has 0 rings (SSSR count). The molecule has 0 saturated heterocycles. The molecule has 0 amide bonds. The molecule has 0 N–H and O–H groups in total. The number of hydrogen-bond donors (Lipinski definition) is 0. The van der Waals surface area contributed by atoms with E-state index in [9.17, 15) is 4.79 Å². The van der Waals surface area contributed by atoms with E-state index in [0.717, 1.165) is 0 Å². The minimum absolute atomic E-state index is 0. The molecule has 0 aliphatic rings. The summed E-state index contributed by atoms with van der Waals surface area (Å²) in [4.78, 5) is 10.3. The Bertz CT molecular complexity index is 100. The monoisotopic (exact) mass is 323 g/mol. The Labute approximate surface area is 92.3 Å². The Kier molecular flexibility index (Phi) is 11.6. The van der Waals surface area contributed by atoms with Crippen LogP contribution in [0.2, 0.25) is 0 Å². The number of carbonyl (C=O) groups is 1. The van der Waals surface area contributed by atoms with Crippen molar-refractivity contribution >= 4 is 4.56 Å². The first-order chi connectivity index (χ1) is 3.42. The van der Waals surface area contributed by atoms with Crippen molar-refractivity contribution in [3.05, 3.63) is 0 Å². The molecular formula is C5H9Br2O2Zn. The zero-order chi connectivity index (χ0) is 6.78. The second-order valence-electron chi connectivity index (χ2n) is 2.59. The fourth-order valence-electron chi connectivity index (χ4n) is 0.342. The predicted octanol–water partition coefficient (Wildman–Crippen LogP) is -4.52. The van der Waals surface area contributed by atoms with Crippen LogP contribution in [0.5, 0.6) is 0 Å². The number of hydrogen-bond acceptors (Lipinski definition) is 2. The van der Waals surface area contributed by atoms with Crippen LogP contribution in [0.3, 0.4) is 0 Å². The molecule has 0 heterocycles. The van der Waals surface area contributed by atoms with Gasteiger partial charge in [-0.1, -0.05) is 0 Å². The topological polar surface area (TPSA) is 26.3 Å². The van der Waals surface area contributed by atoms with Crippen molar-refractivity contribution < 1.29 is 61.8 Å². The van der Waals surface area contributed by atoms with Crippen LogP contribution < -0.4 is 34.0 Å². The minimum Gasteiger partial charge on any atom is -1.00 e. The molecular weight excluding hydrogens is 317 g/mol. The van der Waals surface area contributed by atoms with Crippen molar-refractivity contribution in [1.29, 1.82) is 0 Å². The van der Waals surface area contributed by atoms with Crippen LogP contribution in [0.1, 0.15) is 20.8 Å². The Balaban J connectivity index is -0.000000245. The van der Waals surface area contributed by atoms with Crippen LogP contribution in [0.25, 0.3) is 0 Å². The van der Waals surface area contributed by atoms with E-state index in [1.54, 1.807) is 0 Å². The summed E-state index contributed by atoms with van der Waals surface area (Å²) in [6.07, 6.45) is 0. The molecule has 0 aromatic heterocycles. The second-order valence-corrected chi connectivity index (χ2v) is 3.80. The van der Waals surface area contributed by atoms with Gasteiger partial charge in [0.1, 0.15) is 0 Å². The van der Waals surface area contributed by atoms with Gasteiger partial charge in [-0.05, 0) is 0 Å². The SMILES string of the molecule is CC(C)(C)O[C](=O)[Zn+2].[Br-].[Br-]. The van der Waals surface area contributed by atoms with Crippen molar-refractivity contribution in [3.8, 4) is 0 Å². The van der Waals surface area contributed by atoms with E-state index in [1.807, 2.05) is 20.8 Å². The normalized spacial score (nSPS) is 8.90.